The van der Waals surface area contributed by atoms with Gasteiger partial charge in [0, 0.05) is 23.1 Å². The molecule has 3 aromatic rings. The van der Waals surface area contributed by atoms with Crippen LogP contribution in [0.2, 0.25) is 0 Å². The van der Waals surface area contributed by atoms with Crippen LogP contribution in [0.15, 0.2) is 36.4 Å². The molecule has 1 heterocycles. The monoisotopic (exact) mass is 269 g/mol. The number of nitrogens with zero attached hydrogens (tertiary/aromatic N) is 1. The zero-order valence-corrected chi connectivity index (χ0v) is 11.3. The van der Waals surface area contributed by atoms with Crippen molar-refractivity contribution in [2.45, 2.75) is 0 Å². The molecule has 0 saturated heterocycles. The molecule has 102 valence electrons. The minimum Gasteiger partial charge on any atom is -0.496 e. The van der Waals surface area contributed by atoms with Crippen molar-refractivity contribution in [3.63, 3.8) is 0 Å². The van der Waals surface area contributed by atoms with Crippen LogP contribution in [-0.4, -0.2) is 24.4 Å². The first-order valence-corrected chi connectivity index (χ1v) is 6.19. The molecular formula is C15H15N3O2. The van der Waals surface area contributed by atoms with Crippen LogP contribution in [0.5, 0.6) is 11.5 Å². The van der Waals surface area contributed by atoms with Crippen molar-refractivity contribution >= 4 is 16.6 Å². The lowest BCUT2D eigenvalue weighted by Crippen LogP contribution is -1.93. The van der Waals surface area contributed by atoms with Gasteiger partial charge in [-0.15, -0.1) is 0 Å². The Kier molecular flexibility index (Phi) is 2.95. The van der Waals surface area contributed by atoms with Gasteiger partial charge in [-0.25, -0.2) is 0 Å². The van der Waals surface area contributed by atoms with Crippen molar-refractivity contribution in [1.82, 2.24) is 10.2 Å². The summed E-state index contributed by atoms with van der Waals surface area (Å²) < 4.78 is 10.9. The number of nitrogens with one attached hydrogen (secondary N) is 1. The van der Waals surface area contributed by atoms with Gasteiger partial charge in [0.25, 0.3) is 0 Å². The molecule has 0 fully saturated rings. The van der Waals surface area contributed by atoms with Crippen LogP contribution in [-0.2, 0) is 0 Å². The highest BCUT2D eigenvalue weighted by atomic mass is 16.5. The highest BCUT2D eigenvalue weighted by Gasteiger charge is 2.16. The molecule has 0 unspecified atom stereocenters. The Morgan fingerprint density at radius 1 is 1.00 bits per heavy atom. The third-order valence-corrected chi connectivity index (χ3v) is 3.28. The first-order valence-electron chi connectivity index (χ1n) is 6.19. The van der Waals surface area contributed by atoms with Gasteiger partial charge in [0.05, 0.1) is 19.9 Å². The van der Waals surface area contributed by atoms with E-state index in [0.717, 1.165) is 27.8 Å². The summed E-state index contributed by atoms with van der Waals surface area (Å²) in [5.41, 5.74) is 7.44. The Bertz CT molecular complexity index is 765. The maximum Gasteiger partial charge on any atom is 0.145 e. The second-order valence-electron chi connectivity index (χ2n) is 4.41. The molecule has 2 aromatic carbocycles. The average molecular weight is 269 g/mol. The largest absolute Gasteiger partial charge is 0.496 e. The molecule has 1 aromatic heterocycles. The van der Waals surface area contributed by atoms with Gasteiger partial charge < -0.3 is 15.2 Å². The van der Waals surface area contributed by atoms with Crippen molar-refractivity contribution in [3.8, 4) is 22.8 Å². The molecule has 3 N–H and O–H groups in total. The van der Waals surface area contributed by atoms with E-state index in [4.69, 9.17) is 15.2 Å². The van der Waals surface area contributed by atoms with Crippen LogP contribution in [0, 0.1) is 0 Å². The third-order valence-electron chi connectivity index (χ3n) is 3.28. The fraction of sp³-hybridized carbons (Fsp3) is 0.133. The summed E-state index contributed by atoms with van der Waals surface area (Å²) in [5, 5.41) is 8.95. The number of ether oxygens (including phenoxy) is 2. The minimum atomic E-state index is 0.446. The van der Waals surface area contributed by atoms with E-state index in [1.165, 1.54) is 0 Å². The number of fused-ring (bicyclic) bond motifs is 1. The average Bonchev–Trinajstić information content (AvgIpc) is 2.91. The number of rotatable bonds is 3. The number of methoxy groups -OCH3 is 2. The summed E-state index contributed by atoms with van der Waals surface area (Å²) in [4.78, 5) is 0. The molecular weight excluding hydrogens is 254 g/mol. The molecule has 0 spiro atoms. The molecule has 3 rings (SSSR count). The Labute approximate surface area is 116 Å². The highest BCUT2D eigenvalue weighted by molar-refractivity contribution is 6.02. The van der Waals surface area contributed by atoms with E-state index in [0.29, 0.717) is 11.6 Å². The summed E-state index contributed by atoms with van der Waals surface area (Å²) in [5.74, 6) is 1.93. The Morgan fingerprint density at radius 3 is 2.30 bits per heavy atom. The maximum absolute atomic E-state index is 5.70. The number of hydrogen-bond acceptors (Lipinski definition) is 4. The first-order chi connectivity index (χ1) is 9.74. The van der Waals surface area contributed by atoms with Crippen LogP contribution in [0.4, 0.5) is 5.82 Å². The fourth-order valence-electron chi connectivity index (χ4n) is 2.39. The van der Waals surface area contributed by atoms with E-state index in [-0.39, 0.29) is 0 Å². The number of nitrogen functional groups attached to an aromatic ring is 1. The van der Waals surface area contributed by atoms with Crippen molar-refractivity contribution in [2.24, 2.45) is 0 Å². The SMILES string of the molecule is COc1cc(OC)c2ccccc2c1-c1cc(N)n[nH]1. The van der Waals surface area contributed by atoms with E-state index < -0.39 is 0 Å². The van der Waals surface area contributed by atoms with E-state index in [1.807, 2.05) is 30.3 Å². The molecule has 0 radical (unpaired) electrons. The summed E-state index contributed by atoms with van der Waals surface area (Å²) >= 11 is 0. The molecule has 0 aliphatic carbocycles. The van der Waals surface area contributed by atoms with Gasteiger partial charge in [-0.2, -0.15) is 5.10 Å². The Hall–Kier alpha value is -2.69. The van der Waals surface area contributed by atoms with Gasteiger partial charge in [-0.1, -0.05) is 24.3 Å². The van der Waals surface area contributed by atoms with Crippen LogP contribution >= 0.6 is 0 Å². The first kappa shape index (κ1) is 12.3. The summed E-state index contributed by atoms with van der Waals surface area (Å²) in [7, 11) is 3.28. The number of benzene rings is 2. The molecule has 0 bridgehead atoms. The summed E-state index contributed by atoms with van der Waals surface area (Å²) in [6, 6.07) is 11.6. The molecule has 5 nitrogen and oxygen atoms in total. The molecule has 0 saturated carbocycles. The number of aromatic amines is 1. The second kappa shape index (κ2) is 4.77. The molecule has 0 aliphatic heterocycles. The molecule has 0 atom stereocenters. The van der Waals surface area contributed by atoms with Gasteiger partial charge in [-0.05, 0) is 5.39 Å². The van der Waals surface area contributed by atoms with Gasteiger partial charge in [0.1, 0.15) is 17.3 Å². The highest BCUT2D eigenvalue weighted by Crippen LogP contribution is 2.41. The molecule has 0 aliphatic rings. The van der Waals surface area contributed by atoms with Crippen LogP contribution < -0.4 is 15.2 Å². The maximum atomic E-state index is 5.70. The number of anilines is 1. The Balaban J connectivity index is 2.40. The van der Waals surface area contributed by atoms with Crippen molar-refractivity contribution in [2.75, 3.05) is 20.0 Å². The van der Waals surface area contributed by atoms with Crippen LogP contribution in [0.25, 0.3) is 22.0 Å². The number of H-pyrrole nitrogens is 1. The van der Waals surface area contributed by atoms with Gasteiger partial charge in [-0.3, -0.25) is 5.10 Å². The zero-order valence-electron chi connectivity index (χ0n) is 11.3. The lowest BCUT2D eigenvalue weighted by molar-refractivity contribution is 0.399. The Morgan fingerprint density at radius 2 is 1.70 bits per heavy atom. The molecule has 5 heteroatoms. The van der Waals surface area contributed by atoms with Gasteiger partial charge >= 0.3 is 0 Å². The van der Waals surface area contributed by atoms with Crippen molar-refractivity contribution in [3.05, 3.63) is 36.4 Å². The summed E-state index contributed by atoms with van der Waals surface area (Å²) in [6.45, 7) is 0. The smallest absolute Gasteiger partial charge is 0.145 e. The number of nitrogens with two attached hydrogens (primary N) is 1. The molecule has 20 heavy (non-hydrogen) atoms. The van der Waals surface area contributed by atoms with E-state index in [2.05, 4.69) is 10.2 Å². The minimum absolute atomic E-state index is 0.446. The van der Waals surface area contributed by atoms with Gasteiger partial charge in [0.15, 0.2) is 0 Å². The lowest BCUT2D eigenvalue weighted by Gasteiger charge is -2.14. The van der Waals surface area contributed by atoms with E-state index >= 15 is 0 Å². The standard InChI is InChI=1S/C15H15N3O2/c1-19-12-8-13(20-2)15(11-7-14(16)18-17-11)10-6-4-3-5-9(10)12/h3-8H,1-2H3,(H3,16,17,18). The van der Waals surface area contributed by atoms with Gasteiger partial charge in [0.2, 0.25) is 0 Å². The van der Waals surface area contributed by atoms with E-state index in [1.54, 1.807) is 20.3 Å². The topological polar surface area (TPSA) is 73.2 Å². The normalized spacial score (nSPS) is 10.7. The van der Waals surface area contributed by atoms with Crippen LogP contribution in [0.3, 0.4) is 0 Å². The number of hydrogen-bond donors (Lipinski definition) is 2. The second-order valence-corrected chi connectivity index (χ2v) is 4.41. The predicted octanol–water partition coefficient (Wildman–Crippen LogP) is 2.83. The van der Waals surface area contributed by atoms with E-state index in [9.17, 15) is 0 Å². The fourth-order valence-corrected chi connectivity index (χ4v) is 2.39. The zero-order chi connectivity index (χ0) is 14.1. The summed E-state index contributed by atoms with van der Waals surface area (Å²) in [6.07, 6.45) is 0. The predicted molar refractivity (Wildman–Crippen MR) is 79.0 cm³/mol. The quantitative estimate of drug-likeness (QED) is 0.766. The van der Waals surface area contributed by atoms with Crippen molar-refractivity contribution < 1.29 is 9.47 Å². The van der Waals surface area contributed by atoms with Crippen LogP contribution in [0.1, 0.15) is 0 Å². The third kappa shape index (κ3) is 1.84. The number of aromatic nitrogens is 2. The van der Waals surface area contributed by atoms with Crippen molar-refractivity contribution in [1.29, 1.82) is 0 Å². The lowest BCUT2D eigenvalue weighted by atomic mass is 10.00. The molecule has 0 amide bonds.